The summed E-state index contributed by atoms with van der Waals surface area (Å²) in [4.78, 5) is 11.5. The van der Waals surface area contributed by atoms with Gasteiger partial charge in [0.2, 0.25) is 6.33 Å². The van der Waals surface area contributed by atoms with Gasteiger partial charge >= 0.3 is 0 Å². The monoisotopic (exact) mass is 224 g/mol. The molecule has 0 saturated heterocycles. The van der Waals surface area contributed by atoms with Crippen LogP contribution in [-0.4, -0.2) is 17.0 Å². The minimum atomic E-state index is 0.0905. The van der Waals surface area contributed by atoms with Gasteiger partial charge in [0, 0.05) is 6.54 Å². The molecule has 0 aliphatic heterocycles. The first-order chi connectivity index (χ1) is 7.72. The van der Waals surface area contributed by atoms with Gasteiger partial charge in [-0.1, -0.05) is 26.2 Å². The number of unbranched alkanes of at least 4 members (excludes halogenated alkanes) is 3. The summed E-state index contributed by atoms with van der Waals surface area (Å²) in [6, 6.07) is 0. The number of nitrogens with one attached hydrogen (secondary N) is 1. The Labute approximate surface area is 97.3 Å². The number of aryl methyl sites for hydroxylation is 1. The summed E-state index contributed by atoms with van der Waals surface area (Å²) in [6.45, 7) is 3.39. The van der Waals surface area contributed by atoms with E-state index in [1.807, 2.05) is 34.9 Å². The molecule has 1 aromatic heterocycles. The molecule has 1 heterocycles. The van der Waals surface area contributed by atoms with Crippen LogP contribution >= 0.6 is 0 Å². The van der Waals surface area contributed by atoms with Crippen molar-refractivity contribution in [1.82, 2.24) is 9.88 Å². The summed E-state index contributed by atoms with van der Waals surface area (Å²) in [5, 5.41) is 2.93. The maximum atomic E-state index is 11.5. The van der Waals surface area contributed by atoms with Gasteiger partial charge in [-0.05, 0) is 6.42 Å². The van der Waals surface area contributed by atoms with E-state index < -0.39 is 0 Å². The first kappa shape index (κ1) is 12.7. The van der Waals surface area contributed by atoms with Crippen LogP contribution in [0.4, 0.5) is 0 Å². The molecule has 0 radical (unpaired) electrons. The summed E-state index contributed by atoms with van der Waals surface area (Å²) in [7, 11) is 1.94. The Balaban J connectivity index is 2.11. The number of aromatic nitrogens is 2. The maximum absolute atomic E-state index is 11.5. The van der Waals surface area contributed by atoms with Gasteiger partial charge in [-0.2, -0.15) is 0 Å². The fraction of sp³-hybridized carbons (Fsp3) is 0.667. The number of carbonyl (C=O) groups excluding carboxylic acids is 1. The highest BCUT2D eigenvalue weighted by Crippen LogP contribution is 1.96. The molecule has 90 valence electrons. The van der Waals surface area contributed by atoms with E-state index >= 15 is 0 Å². The standard InChI is InChI=1S/C12H21N3O/c1-3-4-5-6-7-13-12(16)10-15-9-8-14(2)11-15/h8-9,11H,3-7,10H2,1-2H3/p+1. The Morgan fingerprint density at radius 3 is 2.81 bits per heavy atom. The Bertz CT molecular complexity index is 320. The van der Waals surface area contributed by atoms with Gasteiger partial charge in [0.25, 0.3) is 5.91 Å². The van der Waals surface area contributed by atoms with E-state index in [2.05, 4.69) is 12.2 Å². The molecule has 0 unspecified atom stereocenters. The SMILES string of the molecule is CCCCCCNC(=O)Cn1cc[n+](C)c1. The number of imidazole rings is 1. The van der Waals surface area contributed by atoms with E-state index in [4.69, 9.17) is 0 Å². The fourth-order valence-corrected chi connectivity index (χ4v) is 1.60. The van der Waals surface area contributed by atoms with Crippen molar-refractivity contribution in [2.75, 3.05) is 6.54 Å². The highest BCUT2D eigenvalue weighted by Gasteiger charge is 2.06. The molecular formula is C12H22N3O+. The Hall–Kier alpha value is -1.32. The van der Waals surface area contributed by atoms with Crippen molar-refractivity contribution >= 4 is 5.91 Å². The minimum absolute atomic E-state index is 0.0905. The summed E-state index contributed by atoms with van der Waals surface area (Å²) in [5.41, 5.74) is 0. The molecule has 0 bridgehead atoms. The number of carbonyl (C=O) groups is 1. The number of rotatable bonds is 7. The Morgan fingerprint density at radius 1 is 1.38 bits per heavy atom. The van der Waals surface area contributed by atoms with Crippen LogP contribution in [0.5, 0.6) is 0 Å². The van der Waals surface area contributed by atoms with E-state index in [0.717, 1.165) is 13.0 Å². The van der Waals surface area contributed by atoms with Crippen molar-refractivity contribution in [2.24, 2.45) is 7.05 Å². The highest BCUT2D eigenvalue weighted by molar-refractivity contribution is 5.75. The number of amides is 1. The molecule has 0 aromatic carbocycles. The lowest BCUT2D eigenvalue weighted by molar-refractivity contribution is -0.671. The third-order valence-electron chi connectivity index (χ3n) is 2.50. The summed E-state index contributed by atoms with van der Waals surface area (Å²) >= 11 is 0. The quantitative estimate of drug-likeness (QED) is 0.545. The van der Waals surface area contributed by atoms with Crippen molar-refractivity contribution in [3.8, 4) is 0 Å². The van der Waals surface area contributed by atoms with E-state index in [0.29, 0.717) is 6.54 Å². The average Bonchev–Trinajstić information content (AvgIpc) is 2.63. The van der Waals surface area contributed by atoms with Gasteiger partial charge in [0.1, 0.15) is 12.4 Å². The maximum Gasteiger partial charge on any atom is 0.262 e. The number of nitrogens with zero attached hydrogens (tertiary/aromatic N) is 2. The van der Waals surface area contributed by atoms with E-state index in [1.54, 1.807) is 0 Å². The van der Waals surface area contributed by atoms with Crippen LogP contribution < -0.4 is 9.88 Å². The number of hydrogen-bond acceptors (Lipinski definition) is 1. The molecule has 16 heavy (non-hydrogen) atoms. The van der Waals surface area contributed by atoms with Gasteiger partial charge in [0.05, 0.1) is 7.05 Å². The predicted molar refractivity (Wildman–Crippen MR) is 62.8 cm³/mol. The van der Waals surface area contributed by atoms with E-state index in [-0.39, 0.29) is 5.91 Å². The third kappa shape index (κ3) is 4.96. The van der Waals surface area contributed by atoms with Crippen LogP contribution in [0.2, 0.25) is 0 Å². The lowest BCUT2D eigenvalue weighted by atomic mass is 10.2. The van der Waals surface area contributed by atoms with Crippen LogP contribution in [0.25, 0.3) is 0 Å². The summed E-state index contributed by atoms with van der Waals surface area (Å²) < 4.78 is 3.80. The van der Waals surface area contributed by atoms with Gasteiger partial charge in [-0.3, -0.25) is 4.79 Å². The fourth-order valence-electron chi connectivity index (χ4n) is 1.60. The van der Waals surface area contributed by atoms with Gasteiger partial charge < -0.3 is 5.32 Å². The predicted octanol–water partition coefficient (Wildman–Crippen LogP) is 1.01. The molecule has 0 spiro atoms. The molecule has 0 aliphatic rings. The van der Waals surface area contributed by atoms with Crippen LogP contribution in [0.15, 0.2) is 18.7 Å². The second-order valence-electron chi connectivity index (χ2n) is 4.16. The van der Waals surface area contributed by atoms with Gasteiger partial charge in [-0.25, -0.2) is 9.13 Å². The second kappa shape index (κ2) is 7.04. The van der Waals surface area contributed by atoms with Crippen LogP contribution in [-0.2, 0) is 18.4 Å². The van der Waals surface area contributed by atoms with Gasteiger partial charge in [0.15, 0.2) is 6.54 Å². The highest BCUT2D eigenvalue weighted by atomic mass is 16.1. The second-order valence-corrected chi connectivity index (χ2v) is 4.16. The molecule has 0 aliphatic carbocycles. The molecule has 0 fully saturated rings. The zero-order valence-corrected chi connectivity index (χ0v) is 10.3. The molecule has 1 amide bonds. The molecule has 1 aromatic rings. The Kier molecular flexibility index (Phi) is 5.61. The van der Waals surface area contributed by atoms with Crippen molar-refractivity contribution in [3.05, 3.63) is 18.7 Å². The van der Waals surface area contributed by atoms with Crippen molar-refractivity contribution < 1.29 is 9.36 Å². The molecule has 0 saturated carbocycles. The topological polar surface area (TPSA) is 37.9 Å². The van der Waals surface area contributed by atoms with Crippen molar-refractivity contribution in [1.29, 1.82) is 0 Å². The van der Waals surface area contributed by atoms with Crippen LogP contribution in [0, 0.1) is 0 Å². The minimum Gasteiger partial charge on any atom is -0.353 e. The smallest absolute Gasteiger partial charge is 0.262 e. The van der Waals surface area contributed by atoms with Gasteiger partial charge in [-0.15, -0.1) is 0 Å². The summed E-state index contributed by atoms with van der Waals surface area (Å²) in [6.07, 6.45) is 10.5. The zero-order chi connectivity index (χ0) is 11.8. The van der Waals surface area contributed by atoms with E-state index in [1.165, 1.54) is 19.3 Å². The first-order valence-corrected chi connectivity index (χ1v) is 6.00. The largest absolute Gasteiger partial charge is 0.353 e. The van der Waals surface area contributed by atoms with Crippen LogP contribution in [0.1, 0.15) is 32.6 Å². The zero-order valence-electron chi connectivity index (χ0n) is 10.3. The van der Waals surface area contributed by atoms with Crippen LogP contribution in [0.3, 0.4) is 0 Å². The first-order valence-electron chi connectivity index (χ1n) is 6.00. The van der Waals surface area contributed by atoms with E-state index in [9.17, 15) is 4.79 Å². The third-order valence-corrected chi connectivity index (χ3v) is 2.50. The molecule has 4 nitrogen and oxygen atoms in total. The summed E-state index contributed by atoms with van der Waals surface area (Å²) in [5.74, 6) is 0.0905. The lowest BCUT2D eigenvalue weighted by Gasteiger charge is -2.02. The molecule has 1 N–H and O–H groups in total. The average molecular weight is 224 g/mol. The van der Waals surface area contributed by atoms with Crippen molar-refractivity contribution in [2.45, 2.75) is 39.2 Å². The lowest BCUT2D eigenvalue weighted by Crippen LogP contribution is -2.29. The number of hydrogen-bond donors (Lipinski definition) is 1. The van der Waals surface area contributed by atoms with Crippen molar-refractivity contribution in [3.63, 3.8) is 0 Å². The Morgan fingerprint density at radius 2 is 2.19 bits per heavy atom. The molecule has 4 heteroatoms. The molecule has 0 atom stereocenters. The molecular weight excluding hydrogens is 202 g/mol. The normalized spacial score (nSPS) is 10.4. The molecule has 1 rings (SSSR count).